The molecule has 0 saturated heterocycles. The molecular formula is C13H23NO2. The van der Waals surface area contributed by atoms with Gasteiger partial charge in [0.25, 0.3) is 0 Å². The Hall–Kier alpha value is -0.800. The van der Waals surface area contributed by atoms with Crippen LogP contribution in [0.15, 0.2) is 16.7 Å². The summed E-state index contributed by atoms with van der Waals surface area (Å²) in [4.78, 5) is 0. The summed E-state index contributed by atoms with van der Waals surface area (Å²) in [5.41, 5.74) is 1.21. The molecule has 0 bridgehead atoms. The molecule has 92 valence electrons. The Balaban J connectivity index is 2.22. The van der Waals surface area contributed by atoms with E-state index in [0.29, 0.717) is 6.61 Å². The average molecular weight is 225 g/mol. The Kier molecular flexibility index (Phi) is 6.93. The van der Waals surface area contributed by atoms with Gasteiger partial charge >= 0.3 is 0 Å². The number of hydrogen-bond donors (Lipinski definition) is 1. The molecule has 1 aromatic rings. The second kappa shape index (κ2) is 8.36. The van der Waals surface area contributed by atoms with Gasteiger partial charge in [0.2, 0.25) is 0 Å². The quantitative estimate of drug-likeness (QED) is 0.656. The highest BCUT2D eigenvalue weighted by Gasteiger charge is 2.05. The zero-order valence-corrected chi connectivity index (χ0v) is 10.4. The predicted molar refractivity (Wildman–Crippen MR) is 65.3 cm³/mol. The van der Waals surface area contributed by atoms with Crippen LogP contribution in [-0.4, -0.2) is 13.2 Å². The van der Waals surface area contributed by atoms with Gasteiger partial charge in [0, 0.05) is 18.7 Å². The first-order chi connectivity index (χ1) is 7.88. The Morgan fingerprint density at radius 3 is 2.94 bits per heavy atom. The topological polar surface area (TPSA) is 34.4 Å². The molecule has 0 fully saturated rings. The van der Waals surface area contributed by atoms with Crippen LogP contribution < -0.4 is 5.32 Å². The molecule has 0 atom stereocenters. The van der Waals surface area contributed by atoms with E-state index in [1.165, 1.54) is 18.4 Å². The second-order valence-corrected chi connectivity index (χ2v) is 3.91. The normalized spacial score (nSPS) is 10.9. The highest BCUT2D eigenvalue weighted by molar-refractivity contribution is 5.15. The predicted octanol–water partition coefficient (Wildman–Crippen LogP) is 3.10. The maximum Gasteiger partial charge on any atom is 0.133 e. The molecule has 0 amide bonds. The highest BCUT2D eigenvalue weighted by atomic mass is 16.5. The molecule has 0 aromatic carbocycles. The molecule has 0 saturated carbocycles. The zero-order valence-electron chi connectivity index (χ0n) is 10.4. The Morgan fingerprint density at radius 2 is 2.19 bits per heavy atom. The maximum atomic E-state index is 5.58. The molecule has 1 rings (SSSR count). The van der Waals surface area contributed by atoms with Crippen LogP contribution in [0.5, 0.6) is 0 Å². The Morgan fingerprint density at radius 1 is 1.31 bits per heavy atom. The van der Waals surface area contributed by atoms with Gasteiger partial charge in [-0.2, -0.15) is 0 Å². The van der Waals surface area contributed by atoms with E-state index in [4.69, 9.17) is 9.15 Å². The van der Waals surface area contributed by atoms with Crippen LogP contribution in [-0.2, 0) is 17.9 Å². The van der Waals surface area contributed by atoms with E-state index < -0.39 is 0 Å². The van der Waals surface area contributed by atoms with E-state index in [-0.39, 0.29) is 0 Å². The third-order valence-electron chi connectivity index (χ3n) is 2.53. The molecule has 1 aromatic heterocycles. The SMILES string of the molecule is CCCCCOCc1occc1CNCC. The molecule has 0 radical (unpaired) electrons. The molecule has 1 heterocycles. The standard InChI is InChI=1S/C13H23NO2/c1-3-5-6-8-15-11-13-12(7-9-16-13)10-14-4-2/h7,9,14H,3-6,8,10-11H2,1-2H3. The summed E-state index contributed by atoms with van der Waals surface area (Å²) in [6.07, 6.45) is 5.34. The van der Waals surface area contributed by atoms with Crippen molar-refractivity contribution >= 4 is 0 Å². The Labute approximate surface area is 98.2 Å². The van der Waals surface area contributed by atoms with Crippen molar-refractivity contribution in [2.75, 3.05) is 13.2 Å². The van der Waals surface area contributed by atoms with Crippen LogP contribution in [0.3, 0.4) is 0 Å². The monoisotopic (exact) mass is 225 g/mol. The third kappa shape index (κ3) is 4.81. The van der Waals surface area contributed by atoms with Crippen molar-refractivity contribution < 1.29 is 9.15 Å². The van der Waals surface area contributed by atoms with Crippen LogP contribution in [0, 0.1) is 0 Å². The smallest absolute Gasteiger partial charge is 0.133 e. The second-order valence-electron chi connectivity index (χ2n) is 3.91. The lowest BCUT2D eigenvalue weighted by molar-refractivity contribution is 0.102. The number of unbranched alkanes of at least 4 members (excludes halogenated alkanes) is 2. The van der Waals surface area contributed by atoms with Crippen molar-refractivity contribution in [1.29, 1.82) is 0 Å². The summed E-state index contributed by atoms with van der Waals surface area (Å²) in [7, 11) is 0. The van der Waals surface area contributed by atoms with Crippen molar-refractivity contribution in [2.45, 2.75) is 46.3 Å². The zero-order chi connectivity index (χ0) is 11.6. The van der Waals surface area contributed by atoms with Crippen molar-refractivity contribution in [3.05, 3.63) is 23.7 Å². The lowest BCUT2D eigenvalue weighted by Crippen LogP contribution is -2.12. The number of furan rings is 1. The number of ether oxygens (including phenoxy) is 1. The molecule has 0 spiro atoms. The maximum absolute atomic E-state index is 5.58. The first-order valence-electron chi connectivity index (χ1n) is 6.22. The van der Waals surface area contributed by atoms with Crippen molar-refractivity contribution in [2.24, 2.45) is 0 Å². The van der Waals surface area contributed by atoms with Gasteiger partial charge in [-0.1, -0.05) is 26.7 Å². The van der Waals surface area contributed by atoms with Crippen LogP contribution in [0.2, 0.25) is 0 Å². The Bertz CT molecular complexity index is 271. The summed E-state index contributed by atoms with van der Waals surface area (Å²) in [6.45, 7) is 7.55. The fourth-order valence-corrected chi connectivity index (χ4v) is 1.53. The lowest BCUT2D eigenvalue weighted by atomic mass is 10.2. The number of nitrogens with one attached hydrogen (secondary N) is 1. The molecule has 3 heteroatoms. The summed E-state index contributed by atoms with van der Waals surface area (Å²) < 4.78 is 11.0. The lowest BCUT2D eigenvalue weighted by Gasteiger charge is -2.04. The van der Waals surface area contributed by atoms with Gasteiger partial charge in [-0.25, -0.2) is 0 Å². The summed E-state index contributed by atoms with van der Waals surface area (Å²) >= 11 is 0. The van der Waals surface area contributed by atoms with E-state index in [1.54, 1.807) is 6.26 Å². The van der Waals surface area contributed by atoms with E-state index in [9.17, 15) is 0 Å². The van der Waals surface area contributed by atoms with Crippen molar-refractivity contribution in [1.82, 2.24) is 5.32 Å². The number of rotatable bonds is 9. The third-order valence-corrected chi connectivity index (χ3v) is 2.53. The average Bonchev–Trinajstić information content (AvgIpc) is 2.74. The van der Waals surface area contributed by atoms with Crippen LogP contribution >= 0.6 is 0 Å². The summed E-state index contributed by atoms with van der Waals surface area (Å²) in [6, 6.07) is 2.01. The minimum absolute atomic E-state index is 0.595. The fraction of sp³-hybridized carbons (Fsp3) is 0.692. The summed E-state index contributed by atoms with van der Waals surface area (Å²) in [5, 5.41) is 3.29. The van der Waals surface area contributed by atoms with Crippen LogP contribution in [0.25, 0.3) is 0 Å². The van der Waals surface area contributed by atoms with E-state index in [1.807, 2.05) is 6.07 Å². The number of hydrogen-bond acceptors (Lipinski definition) is 3. The molecular weight excluding hydrogens is 202 g/mol. The first-order valence-corrected chi connectivity index (χ1v) is 6.22. The van der Waals surface area contributed by atoms with Gasteiger partial charge in [0.15, 0.2) is 0 Å². The molecule has 3 nitrogen and oxygen atoms in total. The van der Waals surface area contributed by atoms with Crippen LogP contribution in [0.1, 0.15) is 44.4 Å². The van der Waals surface area contributed by atoms with Gasteiger partial charge in [-0.05, 0) is 19.0 Å². The van der Waals surface area contributed by atoms with E-state index in [0.717, 1.165) is 31.9 Å². The molecule has 1 N–H and O–H groups in total. The van der Waals surface area contributed by atoms with Crippen molar-refractivity contribution in [3.63, 3.8) is 0 Å². The minimum Gasteiger partial charge on any atom is -0.467 e. The molecule has 0 aliphatic rings. The van der Waals surface area contributed by atoms with Gasteiger partial charge in [0.1, 0.15) is 12.4 Å². The van der Waals surface area contributed by atoms with Gasteiger partial charge in [-0.15, -0.1) is 0 Å². The van der Waals surface area contributed by atoms with Gasteiger partial charge in [-0.3, -0.25) is 0 Å². The fourth-order valence-electron chi connectivity index (χ4n) is 1.53. The molecule has 0 unspecified atom stereocenters. The minimum atomic E-state index is 0.595. The molecule has 0 aliphatic carbocycles. The van der Waals surface area contributed by atoms with Crippen LogP contribution in [0.4, 0.5) is 0 Å². The largest absolute Gasteiger partial charge is 0.467 e. The van der Waals surface area contributed by atoms with E-state index in [2.05, 4.69) is 19.2 Å². The molecule has 0 aliphatic heterocycles. The summed E-state index contributed by atoms with van der Waals surface area (Å²) in [5.74, 6) is 0.956. The van der Waals surface area contributed by atoms with Gasteiger partial charge < -0.3 is 14.5 Å². The highest BCUT2D eigenvalue weighted by Crippen LogP contribution is 2.12. The first kappa shape index (κ1) is 13.3. The van der Waals surface area contributed by atoms with Crippen molar-refractivity contribution in [3.8, 4) is 0 Å². The van der Waals surface area contributed by atoms with Gasteiger partial charge in [0.05, 0.1) is 6.26 Å². The molecule has 16 heavy (non-hydrogen) atoms. The van der Waals surface area contributed by atoms with E-state index >= 15 is 0 Å².